The minimum Gasteiger partial charge on any atom is -0.462 e. The van der Waals surface area contributed by atoms with Gasteiger partial charge in [-0.05, 0) is 38.1 Å². The van der Waals surface area contributed by atoms with Crippen LogP contribution in [0, 0.1) is 0 Å². The number of hydrogen-bond donors (Lipinski definition) is 0. The maximum absolute atomic E-state index is 12.0. The van der Waals surface area contributed by atoms with E-state index in [-0.39, 0.29) is 18.5 Å². The Kier molecular flexibility index (Phi) is 5.52. The van der Waals surface area contributed by atoms with Crippen molar-refractivity contribution < 1.29 is 19.1 Å². The second kappa shape index (κ2) is 7.58. The highest BCUT2D eigenvalue weighted by Crippen LogP contribution is 2.17. The monoisotopic (exact) mass is 312 g/mol. The lowest BCUT2D eigenvalue weighted by Gasteiger charge is -2.25. The topological polar surface area (TPSA) is 52.6 Å². The molecule has 0 N–H and O–H groups in total. The molecule has 0 spiro atoms. The zero-order chi connectivity index (χ0) is 16.7. The van der Waals surface area contributed by atoms with Gasteiger partial charge in [0.2, 0.25) is 0 Å². The van der Waals surface area contributed by atoms with E-state index in [1.807, 2.05) is 12.1 Å². The van der Waals surface area contributed by atoms with Crippen LogP contribution in [0.25, 0.3) is 0 Å². The van der Waals surface area contributed by atoms with Crippen LogP contribution in [0.3, 0.4) is 0 Å². The van der Waals surface area contributed by atoms with E-state index in [1.165, 1.54) is 0 Å². The Labute approximate surface area is 136 Å². The van der Waals surface area contributed by atoms with Crippen LogP contribution in [0.4, 0.5) is 0 Å². The zero-order valence-corrected chi connectivity index (χ0v) is 13.3. The fourth-order valence-corrected chi connectivity index (χ4v) is 1.98. The molecule has 0 unspecified atom stereocenters. The number of benzene rings is 2. The first-order valence-electron chi connectivity index (χ1n) is 7.48. The average molecular weight is 312 g/mol. The van der Waals surface area contributed by atoms with Crippen molar-refractivity contribution in [2.24, 2.45) is 0 Å². The van der Waals surface area contributed by atoms with Crippen LogP contribution in [-0.4, -0.2) is 24.1 Å². The molecule has 0 saturated carbocycles. The van der Waals surface area contributed by atoms with E-state index < -0.39 is 5.60 Å². The van der Waals surface area contributed by atoms with Crippen LogP contribution in [0.5, 0.6) is 0 Å². The summed E-state index contributed by atoms with van der Waals surface area (Å²) < 4.78 is 10.7. The summed E-state index contributed by atoms with van der Waals surface area (Å²) in [6.07, 6.45) is 0.421. The van der Waals surface area contributed by atoms with Gasteiger partial charge in [-0.25, -0.2) is 9.59 Å². The predicted octanol–water partition coefficient (Wildman–Crippen LogP) is 3.87. The SMILES string of the molecule is CC(C)(CCOC(=O)c1ccccc1)OC(=O)c1ccccc1. The van der Waals surface area contributed by atoms with Crippen molar-refractivity contribution in [2.75, 3.05) is 6.61 Å². The highest BCUT2D eigenvalue weighted by atomic mass is 16.6. The third-order valence-corrected chi connectivity index (χ3v) is 3.33. The highest BCUT2D eigenvalue weighted by Gasteiger charge is 2.24. The second-order valence-corrected chi connectivity index (χ2v) is 5.77. The normalized spacial score (nSPS) is 10.9. The Balaban J connectivity index is 1.82. The molecule has 2 aromatic rings. The Morgan fingerprint density at radius 2 is 1.30 bits per heavy atom. The Bertz CT molecular complexity index is 648. The number of carbonyl (C=O) groups is 2. The Morgan fingerprint density at radius 3 is 1.83 bits per heavy atom. The molecule has 0 fully saturated rings. The molecule has 2 rings (SSSR count). The van der Waals surface area contributed by atoms with Crippen molar-refractivity contribution in [2.45, 2.75) is 25.9 Å². The predicted molar refractivity (Wildman–Crippen MR) is 87.3 cm³/mol. The van der Waals surface area contributed by atoms with Gasteiger partial charge in [-0.15, -0.1) is 0 Å². The summed E-state index contributed by atoms with van der Waals surface area (Å²) in [6.45, 7) is 3.77. The number of rotatable bonds is 6. The molecule has 0 aliphatic heterocycles. The summed E-state index contributed by atoms with van der Waals surface area (Å²) in [5.74, 6) is -0.763. The molecule has 4 nitrogen and oxygen atoms in total. The van der Waals surface area contributed by atoms with Gasteiger partial charge in [-0.3, -0.25) is 0 Å². The third kappa shape index (κ3) is 5.25. The van der Waals surface area contributed by atoms with Crippen molar-refractivity contribution in [1.82, 2.24) is 0 Å². The van der Waals surface area contributed by atoms with Crippen molar-refractivity contribution in [3.63, 3.8) is 0 Å². The summed E-state index contributed by atoms with van der Waals surface area (Å²) in [7, 11) is 0. The van der Waals surface area contributed by atoms with Crippen LogP contribution in [0.15, 0.2) is 60.7 Å². The van der Waals surface area contributed by atoms with Gasteiger partial charge in [0.1, 0.15) is 5.60 Å². The maximum Gasteiger partial charge on any atom is 0.338 e. The first-order chi connectivity index (χ1) is 11.0. The van der Waals surface area contributed by atoms with Gasteiger partial charge in [0.15, 0.2) is 0 Å². The van der Waals surface area contributed by atoms with Crippen LogP contribution < -0.4 is 0 Å². The molecule has 0 atom stereocenters. The molecule has 4 heteroatoms. The molecule has 2 aromatic carbocycles. The van der Waals surface area contributed by atoms with Crippen molar-refractivity contribution in [3.05, 3.63) is 71.8 Å². The second-order valence-electron chi connectivity index (χ2n) is 5.77. The van der Waals surface area contributed by atoms with Crippen molar-refractivity contribution in [3.8, 4) is 0 Å². The van der Waals surface area contributed by atoms with Crippen LogP contribution in [0.2, 0.25) is 0 Å². The smallest absolute Gasteiger partial charge is 0.338 e. The molecule has 0 amide bonds. The summed E-state index contributed by atoms with van der Waals surface area (Å²) in [6, 6.07) is 17.6. The summed E-state index contributed by atoms with van der Waals surface area (Å²) in [4.78, 5) is 23.9. The fraction of sp³-hybridized carbons (Fsp3) is 0.263. The number of carbonyl (C=O) groups excluding carboxylic acids is 2. The fourth-order valence-electron chi connectivity index (χ4n) is 1.98. The minimum absolute atomic E-state index is 0.183. The third-order valence-electron chi connectivity index (χ3n) is 3.33. The molecule has 120 valence electrons. The lowest BCUT2D eigenvalue weighted by atomic mass is 10.1. The van der Waals surface area contributed by atoms with E-state index in [4.69, 9.17) is 9.47 Å². The van der Waals surface area contributed by atoms with Gasteiger partial charge in [0.25, 0.3) is 0 Å². The van der Waals surface area contributed by atoms with Gasteiger partial charge in [-0.2, -0.15) is 0 Å². The summed E-state index contributed by atoms with van der Waals surface area (Å²) in [5.41, 5.74) is 0.289. The van der Waals surface area contributed by atoms with E-state index in [0.717, 1.165) is 0 Å². The van der Waals surface area contributed by atoms with E-state index in [2.05, 4.69) is 0 Å². The zero-order valence-electron chi connectivity index (χ0n) is 13.3. The summed E-state index contributed by atoms with van der Waals surface area (Å²) >= 11 is 0. The molecule has 0 radical (unpaired) electrons. The molecular formula is C19H20O4. The molecular weight excluding hydrogens is 292 g/mol. The molecule has 0 aliphatic rings. The Hall–Kier alpha value is -2.62. The van der Waals surface area contributed by atoms with Gasteiger partial charge < -0.3 is 9.47 Å². The molecule has 23 heavy (non-hydrogen) atoms. The van der Waals surface area contributed by atoms with Crippen LogP contribution >= 0.6 is 0 Å². The Morgan fingerprint density at radius 1 is 0.826 bits per heavy atom. The van der Waals surface area contributed by atoms with Crippen LogP contribution in [-0.2, 0) is 9.47 Å². The highest BCUT2D eigenvalue weighted by molar-refractivity contribution is 5.90. The molecule has 0 saturated heterocycles. The van der Waals surface area contributed by atoms with Crippen LogP contribution in [0.1, 0.15) is 41.0 Å². The largest absolute Gasteiger partial charge is 0.462 e. The lowest BCUT2D eigenvalue weighted by Crippen LogP contribution is -2.30. The first-order valence-corrected chi connectivity index (χ1v) is 7.48. The number of hydrogen-bond acceptors (Lipinski definition) is 4. The molecule has 0 bridgehead atoms. The molecule has 0 heterocycles. The van der Waals surface area contributed by atoms with E-state index in [9.17, 15) is 9.59 Å². The standard InChI is InChI=1S/C19H20O4/c1-19(2,23-18(21)16-11-7-4-8-12-16)13-14-22-17(20)15-9-5-3-6-10-15/h3-12H,13-14H2,1-2H3. The van der Waals surface area contributed by atoms with E-state index in [1.54, 1.807) is 62.4 Å². The quantitative estimate of drug-likeness (QED) is 0.760. The maximum atomic E-state index is 12.0. The first kappa shape index (κ1) is 16.7. The lowest BCUT2D eigenvalue weighted by molar-refractivity contribution is -0.0143. The number of esters is 2. The van der Waals surface area contributed by atoms with Gasteiger partial charge in [0.05, 0.1) is 17.7 Å². The average Bonchev–Trinajstić information content (AvgIpc) is 2.55. The van der Waals surface area contributed by atoms with Gasteiger partial charge >= 0.3 is 11.9 Å². The van der Waals surface area contributed by atoms with E-state index >= 15 is 0 Å². The van der Waals surface area contributed by atoms with E-state index in [0.29, 0.717) is 17.5 Å². The van der Waals surface area contributed by atoms with Gasteiger partial charge in [0, 0.05) is 6.42 Å². The molecule has 0 aliphatic carbocycles. The van der Waals surface area contributed by atoms with Crippen molar-refractivity contribution in [1.29, 1.82) is 0 Å². The summed E-state index contributed by atoms with van der Waals surface area (Å²) in [5, 5.41) is 0. The molecule has 0 aromatic heterocycles. The van der Waals surface area contributed by atoms with Crippen molar-refractivity contribution >= 4 is 11.9 Å². The van der Waals surface area contributed by atoms with Gasteiger partial charge in [-0.1, -0.05) is 36.4 Å². The number of ether oxygens (including phenoxy) is 2. The minimum atomic E-state index is -0.718.